The van der Waals surface area contributed by atoms with E-state index in [4.69, 9.17) is 11.6 Å². The van der Waals surface area contributed by atoms with Crippen molar-refractivity contribution in [2.75, 3.05) is 23.3 Å². The minimum absolute atomic E-state index is 0.681. The number of rotatable bonds is 3. The number of hydrogen-bond donors (Lipinski definition) is 1. The largest absolute Gasteiger partial charge is 0.339 e. The first-order valence-corrected chi connectivity index (χ1v) is 7.56. The summed E-state index contributed by atoms with van der Waals surface area (Å²) in [6.07, 6.45) is 3.97. The fourth-order valence-corrected chi connectivity index (χ4v) is 2.60. The van der Waals surface area contributed by atoms with Crippen LogP contribution in [0.25, 0.3) is 0 Å². The molecule has 1 aliphatic heterocycles. The number of aromatic nitrogens is 3. The molecule has 0 spiro atoms. The molecule has 110 valence electrons. The zero-order valence-electron chi connectivity index (χ0n) is 12.0. The molecular weight excluding hydrogens is 286 g/mol. The SMILES string of the molecule is CC1CCN(c2nncc(Nc3cccc(Cl)c3)n2)CC1. The smallest absolute Gasteiger partial charge is 0.247 e. The van der Waals surface area contributed by atoms with E-state index < -0.39 is 0 Å². The monoisotopic (exact) mass is 303 g/mol. The summed E-state index contributed by atoms with van der Waals surface area (Å²) in [5.74, 6) is 2.15. The van der Waals surface area contributed by atoms with Gasteiger partial charge in [-0.15, -0.1) is 5.10 Å². The molecule has 0 amide bonds. The molecule has 1 N–H and O–H groups in total. The summed E-state index contributed by atoms with van der Waals surface area (Å²) in [6.45, 7) is 4.26. The Hall–Kier alpha value is -1.88. The lowest BCUT2D eigenvalue weighted by molar-refractivity contribution is 0.433. The van der Waals surface area contributed by atoms with E-state index in [0.717, 1.165) is 24.7 Å². The summed E-state index contributed by atoms with van der Waals surface area (Å²) in [5, 5.41) is 12.1. The second kappa shape index (κ2) is 6.26. The standard InChI is InChI=1S/C15H18ClN5/c1-11-5-7-21(8-6-11)15-19-14(10-17-20-15)18-13-4-2-3-12(16)9-13/h2-4,9-11H,5-8H2,1H3,(H,18,19,20). The van der Waals surface area contributed by atoms with Crippen LogP contribution in [0, 0.1) is 5.92 Å². The predicted molar refractivity (Wildman–Crippen MR) is 85.2 cm³/mol. The van der Waals surface area contributed by atoms with Crippen molar-refractivity contribution in [3.05, 3.63) is 35.5 Å². The molecule has 0 saturated carbocycles. The molecule has 3 rings (SSSR count). The number of benzene rings is 1. The molecule has 1 saturated heterocycles. The Morgan fingerprint density at radius 3 is 2.86 bits per heavy atom. The van der Waals surface area contributed by atoms with E-state index in [2.05, 4.69) is 32.3 Å². The molecule has 5 nitrogen and oxygen atoms in total. The van der Waals surface area contributed by atoms with Crippen molar-refractivity contribution < 1.29 is 0 Å². The van der Waals surface area contributed by atoms with Gasteiger partial charge in [0.15, 0.2) is 5.82 Å². The normalized spacial score (nSPS) is 16.0. The molecule has 0 atom stereocenters. The van der Waals surface area contributed by atoms with Crippen molar-refractivity contribution in [3.63, 3.8) is 0 Å². The Morgan fingerprint density at radius 2 is 2.10 bits per heavy atom. The Morgan fingerprint density at radius 1 is 1.29 bits per heavy atom. The molecule has 21 heavy (non-hydrogen) atoms. The molecule has 0 aliphatic carbocycles. The van der Waals surface area contributed by atoms with Crippen LogP contribution >= 0.6 is 11.6 Å². The van der Waals surface area contributed by atoms with Crippen molar-refractivity contribution in [2.45, 2.75) is 19.8 Å². The molecule has 1 aromatic heterocycles. The summed E-state index contributed by atoms with van der Waals surface area (Å²) < 4.78 is 0. The summed E-state index contributed by atoms with van der Waals surface area (Å²) >= 11 is 5.98. The highest BCUT2D eigenvalue weighted by molar-refractivity contribution is 6.30. The maximum absolute atomic E-state index is 5.98. The van der Waals surface area contributed by atoms with E-state index in [9.17, 15) is 0 Å². The van der Waals surface area contributed by atoms with Gasteiger partial charge in [0.25, 0.3) is 0 Å². The first kappa shape index (κ1) is 14.1. The summed E-state index contributed by atoms with van der Waals surface area (Å²) in [7, 11) is 0. The number of piperidine rings is 1. The summed E-state index contributed by atoms with van der Waals surface area (Å²) in [4.78, 5) is 6.74. The van der Waals surface area contributed by atoms with E-state index in [1.54, 1.807) is 6.20 Å². The Kier molecular flexibility index (Phi) is 4.20. The zero-order valence-corrected chi connectivity index (χ0v) is 12.7. The number of nitrogens with one attached hydrogen (secondary N) is 1. The highest BCUT2D eigenvalue weighted by Gasteiger charge is 2.18. The molecule has 0 unspecified atom stereocenters. The van der Waals surface area contributed by atoms with Crippen LogP contribution in [0.2, 0.25) is 5.02 Å². The molecule has 0 bridgehead atoms. The quantitative estimate of drug-likeness (QED) is 0.940. The second-order valence-corrected chi connectivity index (χ2v) is 5.88. The third-order valence-electron chi connectivity index (χ3n) is 3.71. The highest BCUT2D eigenvalue weighted by Crippen LogP contribution is 2.22. The van der Waals surface area contributed by atoms with Gasteiger partial charge in [0.1, 0.15) is 0 Å². The topological polar surface area (TPSA) is 53.9 Å². The fourth-order valence-electron chi connectivity index (χ4n) is 2.41. The lowest BCUT2D eigenvalue weighted by Crippen LogP contribution is -2.34. The van der Waals surface area contributed by atoms with E-state index >= 15 is 0 Å². The Labute approximate surface area is 129 Å². The average Bonchev–Trinajstić information content (AvgIpc) is 2.48. The van der Waals surface area contributed by atoms with E-state index in [1.165, 1.54) is 12.8 Å². The number of nitrogens with zero attached hydrogens (tertiary/aromatic N) is 4. The van der Waals surface area contributed by atoms with E-state index in [0.29, 0.717) is 16.8 Å². The van der Waals surface area contributed by atoms with Gasteiger partial charge >= 0.3 is 0 Å². The van der Waals surface area contributed by atoms with Gasteiger partial charge in [0, 0.05) is 23.8 Å². The first-order chi connectivity index (χ1) is 10.2. The van der Waals surface area contributed by atoms with Gasteiger partial charge in [-0.25, -0.2) is 0 Å². The molecule has 1 fully saturated rings. The van der Waals surface area contributed by atoms with Crippen LogP contribution in [0.5, 0.6) is 0 Å². The average molecular weight is 304 g/mol. The van der Waals surface area contributed by atoms with Crippen LogP contribution in [0.15, 0.2) is 30.5 Å². The van der Waals surface area contributed by atoms with Gasteiger partial charge in [-0.3, -0.25) is 0 Å². The van der Waals surface area contributed by atoms with Gasteiger partial charge in [0.05, 0.1) is 6.20 Å². The van der Waals surface area contributed by atoms with Gasteiger partial charge < -0.3 is 10.2 Å². The molecular formula is C15H18ClN5. The van der Waals surface area contributed by atoms with Crippen molar-refractivity contribution in [2.24, 2.45) is 5.92 Å². The van der Waals surface area contributed by atoms with Crippen LogP contribution in [0.4, 0.5) is 17.5 Å². The summed E-state index contributed by atoms with van der Waals surface area (Å²) in [6, 6.07) is 7.53. The number of halogens is 1. The molecule has 6 heteroatoms. The molecule has 1 aromatic carbocycles. The minimum atomic E-state index is 0.681. The maximum atomic E-state index is 5.98. The van der Waals surface area contributed by atoms with Gasteiger partial charge in [0.2, 0.25) is 5.95 Å². The van der Waals surface area contributed by atoms with Crippen molar-refractivity contribution >= 4 is 29.1 Å². The summed E-state index contributed by atoms with van der Waals surface area (Å²) in [5.41, 5.74) is 0.890. The predicted octanol–water partition coefficient (Wildman–Crippen LogP) is 3.50. The molecule has 1 aliphatic rings. The fraction of sp³-hybridized carbons (Fsp3) is 0.400. The van der Waals surface area contributed by atoms with Crippen molar-refractivity contribution in [1.82, 2.24) is 15.2 Å². The Bertz CT molecular complexity index is 611. The maximum Gasteiger partial charge on any atom is 0.247 e. The van der Waals surface area contributed by atoms with Crippen LogP contribution in [0.3, 0.4) is 0 Å². The van der Waals surface area contributed by atoms with Gasteiger partial charge in [-0.05, 0) is 37.0 Å². The van der Waals surface area contributed by atoms with Gasteiger partial charge in [-0.2, -0.15) is 10.1 Å². The molecule has 0 radical (unpaired) electrons. The lowest BCUT2D eigenvalue weighted by Gasteiger charge is -2.29. The second-order valence-electron chi connectivity index (χ2n) is 5.45. The van der Waals surface area contributed by atoms with Crippen molar-refractivity contribution in [1.29, 1.82) is 0 Å². The minimum Gasteiger partial charge on any atom is -0.339 e. The zero-order chi connectivity index (χ0) is 14.7. The van der Waals surface area contributed by atoms with Crippen LogP contribution in [-0.4, -0.2) is 28.3 Å². The molecule has 2 heterocycles. The molecule has 2 aromatic rings. The first-order valence-electron chi connectivity index (χ1n) is 7.18. The highest BCUT2D eigenvalue weighted by atomic mass is 35.5. The third kappa shape index (κ3) is 3.61. The van der Waals surface area contributed by atoms with Gasteiger partial charge in [-0.1, -0.05) is 24.6 Å². The van der Waals surface area contributed by atoms with Crippen LogP contribution in [0.1, 0.15) is 19.8 Å². The number of anilines is 3. The van der Waals surface area contributed by atoms with Crippen molar-refractivity contribution in [3.8, 4) is 0 Å². The number of hydrogen-bond acceptors (Lipinski definition) is 5. The van der Waals surface area contributed by atoms with E-state index in [-0.39, 0.29) is 0 Å². The lowest BCUT2D eigenvalue weighted by atomic mass is 10.00. The van der Waals surface area contributed by atoms with E-state index in [1.807, 2.05) is 24.3 Å². The van der Waals surface area contributed by atoms with Crippen LogP contribution in [-0.2, 0) is 0 Å². The Balaban J connectivity index is 1.74. The third-order valence-corrected chi connectivity index (χ3v) is 3.95. The van der Waals surface area contributed by atoms with Crippen LogP contribution < -0.4 is 10.2 Å².